The van der Waals surface area contributed by atoms with E-state index in [0.29, 0.717) is 17.9 Å². The van der Waals surface area contributed by atoms with Crippen molar-refractivity contribution >= 4 is 11.6 Å². The standard InChI is InChI=1S/C15H25N3O/c1-12(2)7-5-3-4-6-10-17-15(19)14-9-8-13(16)11-18-14/h8-9,11-12H,3-7,10,16H2,1-2H3,(H,17,19). The van der Waals surface area contributed by atoms with E-state index in [1.165, 1.54) is 31.9 Å². The van der Waals surface area contributed by atoms with Crippen molar-refractivity contribution in [3.63, 3.8) is 0 Å². The van der Waals surface area contributed by atoms with Crippen LogP contribution in [0.3, 0.4) is 0 Å². The van der Waals surface area contributed by atoms with Crippen molar-refractivity contribution < 1.29 is 4.79 Å². The van der Waals surface area contributed by atoms with Gasteiger partial charge in [-0.2, -0.15) is 0 Å². The van der Waals surface area contributed by atoms with E-state index < -0.39 is 0 Å². The number of aromatic nitrogens is 1. The molecule has 0 aromatic carbocycles. The summed E-state index contributed by atoms with van der Waals surface area (Å²) in [4.78, 5) is 15.7. The zero-order chi connectivity index (χ0) is 14.1. The second-order valence-electron chi connectivity index (χ2n) is 5.33. The summed E-state index contributed by atoms with van der Waals surface area (Å²) in [5, 5.41) is 2.88. The molecule has 1 aromatic rings. The highest BCUT2D eigenvalue weighted by atomic mass is 16.1. The third-order valence-corrected chi connectivity index (χ3v) is 3.01. The van der Waals surface area contributed by atoms with E-state index >= 15 is 0 Å². The van der Waals surface area contributed by atoms with Gasteiger partial charge in [-0.3, -0.25) is 4.79 Å². The molecule has 4 nitrogen and oxygen atoms in total. The average Bonchev–Trinajstić information content (AvgIpc) is 2.38. The molecule has 0 aliphatic rings. The number of pyridine rings is 1. The van der Waals surface area contributed by atoms with Crippen molar-refractivity contribution in [1.82, 2.24) is 10.3 Å². The molecular formula is C15H25N3O. The van der Waals surface area contributed by atoms with Gasteiger partial charge in [-0.25, -0.2) is 4.98 Å². The molecule has 0 saturated heterocycles. The highest BCUT2D eigenvalue weighted by Gasteiger charge is 2.05. The minimum atomic E-state index is -0.123. The molecule has 0 unspecified atom stereocenters. The number of carbonyl (C=O) groups excluding carboxylic acids is 1. The summed E-state index contributed by atoms with van der Waals surface area (Å²) in [6.07, 6.45) is 7.52. The topological polar surface area (TPSA) is 68.0 Å². The summed E-state index contributed by atoms with van der Waals surface area (Å²) in [6, 6.07) is 3.33. The molecule has 0 aliphatic carbocycles. The predicted octanol–water partition coefficient (Wildman–Crippen LogP) is 3.00. The zero-order valence-electron chi connectivity index (χ0n) is 12.0. The van der Waals surface area contributed by atoms with E-state index in [1.807, 2.05) is 0 Å². The van der Waals surface area contributed by atoms with Crippen LogP contribution in [0, 0.1) is 5.92 Å². The fraction of sp³-hybridized carbons (Fsp3) is 0.600. The van der Waals surface area contributed by atoms with E-state index in [2.05, 4.69) is 24.1 Å². The molecule has 3 N–H and O–H groups in total. The number of hydrogen-bond donors (Lipinski definition) is 2. The summed E-state index contributed by atoms with van der Waals surface area (Å²) in [5.74, 6) is 0.665. The highest BCUT2D eigenvalue weighted by molar-refractivity contribution is 5.92. The maximum atomic E-state index is 11.7. The van der Waals surface area contributed by atoms with Gasteiger partial charge in [0.05, 0.1) is 11.9 Å². The second kappa shape index (κ2) is 8.51. The number of nitrogens with one attached hydrogen (secondary N) is 1. The van der Waals surface area contributed by atoms with Crippen molar-refractivity contribution in [2.24, 2.45) is 5.92 Å². The third kappa shape index (κ3) is 6.79. The van der Waals surface area contributed by atoms with E-state index in [1.54, 1.807) is 12.1 Å². The number of nitrogens with zero attached hydrogens (tertiary/aromatic N) is 1. The highest BCUT2D eigenvalue weighted by Crippen LogP contribution is 2.09. The van der Waals surface area contributed by atoms with Crippen LogP contribution in [-0.2, 0) is 0 Å². The van der Waals surface area contributed by atoms with Crippen molar-refractivity contribution in [2.75, 3.05) is 12.3 Å². The smallest absolute Gasteiger partial charge is 0.269 e. The second-order valence-corrected chi connectivity index (χ2v) is 5.33. The lowest BCUT2D eigenvalue weighted by atomic mass is 10.0. The van der Waals surface area contributed by atoms with Crippen LogP contribution >= 0.6 is 0 Å². The Bertz CT molecular complexity index is 373. The van der Waals surface area contributed by atoms with Gasteiger partial charge in [0, 0.05) is 6.54 Å². The molecule has 0 saturated carbocycles. The zero-order valence-corrected chi connectivity index (χ0v) is 12.0. The molecule has 0 atom stereocenters. The molecule has 0 aliphatic heterocycles. The summed E-state index contributed by atoms with van der Waals surface area (Å²) in [5.41, 5.74) is 6.52. The Morgan fingerprint density at radius 2 is 2.00 bits per heavy atom. The monoisotopic (exact) mass is 263 g/mol. The molecule has 4 heteroatoms. The van der Waals surface area contributed by atoms with Gasteiger partial charge in [-0.1, -0.05) is 39.5 Å². The van der Waals surface area contributed by atoms with Gasteiger partial charge in [0.1, 0.15) is 5.69 Å². The SMILES string of the molecule is CC(C)CCCCCCNC(=O)c1ccc(N)cn1. The van der Waals surface area contributed by atoms with E-state index in [0.717, 1.165) is 12.3 Å². The molecule has 1 rings (SSSR count). The maximum absolute atomic E-state index is 11.7. The first kappa shape index (κ1) is 15.5. The number of rotatable bonds is 8. The van der Waals surface area contributed by atoms with Gasteiger partial charge in [-0.15, -0.1) is 0 Å². The third-order valence-electron chi connectivity index (χ3n) is 3.01. The van der Waals surface area contributed by atoms with Crippen LogP contribution in [0.1, 0.15) is 56.4 Å². The maximum Gasteiger partial charge on any atom is 0.269 e. The van der Waals surface area contributed by atoms with Crippen LogP contribution in [0.5, 0.6) is 0 Å². The van der Waals surface area contributed by atoms with Crippen LogP contribution in [0.25, 0.3) is 0 Å². The fourth-order valence-electron chi connectivity index (χ4n) is 1.86. The van der Waals surface area contributed by atoms with Gasteiger partial charge in [0.25, 0.3) is 5.91 Å². The van der Waals surface area contributed by atoms with Crippen molar-refractivity contribution in [3.05, 3.63) is 24.0 Å². The first-order valence-corrected chi connectivity index (χ1v) is 7.09. The summed E-state index contributed by atoms with van der Waals surface area (Å²) < 4.78 is 0. The van der Waals surface area contributed by atoms with Crippen LogP contribution in [0.2, 0.25) is 0 Å². The van der Waals surface area contributed by atoms with Gasteiger partial charge in [0.15, 0.2) is 0 Å². The molecule has 106 valence electrons. The Labute approximate surface area is 115 Å². The Balaban J connectivity index is 2.09. The number of nitrogens with two attached hydrogens (primary N) is 1. The predicted molar refractivity (Wildman–Crippen MR) is 78.9 cm³/mol. The van der Waals surface area contributed by atoms with Gasteiger partial charge < -0.3 is 11.1 Å². The van der Waals surface area contributed by atoms with Gasteiger partial charge in [-0.05, 0) is 24.5 Å². The number of unbranched alkanes of at least 4 members (excludes halogenated alkanes) is 3. The number of carbonyl (C=O) groups is 1. The summed E-state index contributed by atoms with van der Waals surface area (Å²) in [6.45, 7) is 5.21. The molecule has 1 heterocycles. The van der Waals surface area contributed by atoms with E-state index in [-0.39, 0.29) is 5.91 Å². The summed E-state index contributed by atoms with van der Waals surface area (Å²) >= 11 is 0. The Kier molecular flexibility index (Phi) is 6.93. The molecule has 0 fully saturated rings. The minimum absolute atomic E-state index is 0.123. The minimum Gasteiger partial charge on any atom is -0.397 e. The Morgan fingerprint density at radius 3 is 2.63 bits per heavy atom. The van der Waals surface area contributed by atoms with Crippen molar-refractivity contribution in [3.8, 4) is 0 Å². The lowest BCUT2D eigenvalue weighted by Gasteiger charge is -2.06. The fourth-order valence-corrected chi connectivity index (χ4v) is 1.86. The largest absolute Gasteiger partial charge is 0.397 e. The molecule has 1 amide bonds. The van der Waals surface area contributed by atoms with Crippen molar-refractivity contribution in [1.29, 1.82) is 0 Å². The first-order chi connectivity index (χ1) is 9.09. The Hall–Kier alpha value is -1.58. The lowest BCUT2D eigenvalue weighted by molar-refractivity contribution is 0.0948. The van der Waals surface area contributed by atoms with Crippen molar-refractivity contribution in [2.45, 2.75) is 46.0 Å². The Morgan fingerprint density at radius 1 is 1.26 bits per heavy atom. The number of amides is 1. The van der Waals surface area contributed by atoms with Crippen LogP contribution < -0.4 is 11.1 Å². The van der Waals surface area contributed by atoms with Crippen LogP contribution in [-0.4, -0.2) is 17.4 Å². The summed E-state index contributed by atoms with van der Waals surface area (Å²) in [7, 11) is 0. The molecular weight excluding hydrogens is 238 g/mol. The quantitative estimate of drug-likeness (QED) is 0.708. The van der Waals surface area contributed by atoms with Gasteiger partial charge >= 0.3 is 0 Å². The van der Waals surface area contributed by atoms with Crippen LogP contribution in [0.15, 0.2) is 18.3 Å². The molecule has 0 spiro atoms. The normalized spacial score (nSPS) is 10.7. The van der Waals surface area contributed by atoms with Crippen LogP contribution in [0.4, 0.5) is 5.69 Å². The van der Waals surface area contributed by atoms with Gasteiger partial charge in [0.2, 0.25) is 0 Å². The molecule has 1 aromatic heterocycles. The van der Waals surface area contributed by atoms with E-state index in [4.69, 9.17) is 5.73 Å². The molecule has 19 heavy (non-hydrogen) atoms. The van der Waals surface area contributed by atoms with E-state index in [9.17, 15) is 4.79 Å². The number of hydrogen-bond acceptors (Lipinski definition) is 3. The first-order valence-electron chi connectivity index (χ1n) is 7.09. The molecule has 0 bridgehead atoms. The number of nitrogen functional groups attached to an aromatic ring is 1. The lowest BCUT2D eigenvalue weighted by Crippen LogP contribution is -2.25. The number of anilines is 1. The average molecular weight is 263 g/mol. The molecule has 0 radical (unpaired) electrons.